The lowest BCUT2D eigenvalue weighted by molar-refractivity contribution is 0.415. The van der Waals surface area contributed by atoms with Crippen LogP contribution in [0.15, 0.2) is 409 Å². The summed E-state index contributed by atoms with van der Waals surface area (Å²) in [6.07, 6.45) is 31.5. The van der Waals surface area contributed by atoms with Gasteiger partial charge in [0.05, 0.1) is 101 Å². The van der Waals surface area contributed by atoms with Crippen LogP contribution in [0.4, 0.5) is 27.9 Å². The first-order valence-corrected chi connectivity index (χ1v) is 46.3. The lowest BCUT2D eigenvalue weighted by Gasteiger charge is -2.11. The van der Waals surface area contributed by atoms with E-state index in [-0.39, 0.29) is 29.1 Å². The minimum absolute atomic E-state index is 0.208. The van der Waals surface area contributed by atoms with Crippen LogP contribution in [0.25, 0.3) is 185 Å². The number of hydrogen-bond donors (Lipinski definition) is 1. The third-order valence-corrected chi connectivity index (χ3v) is 25.1. The van der Waals surface area contributed by atoms with E-state index in [4.69, 9.17) is 15.2 Å². The molecule has 16 heterocycles. The van der Waals surface area contributed by atoms with Crippen molar-refractivity contribution in [3.05, 3.63) is 466 Å². The van der Waals surface area contributed by atoms with Gasteiger partial charge in [0.15, 0.2) is 0 Å². The van der Waals surface area contributed by atoms with E-state index in [0.29, 0.717) is 33.8 Å². The number of pyridine rings is 11. The topological polar surface area (TPSA) is 208 Å². The lowest BCUT2D eigenvalue weighted by atomic mass is 9.99. The quantitative estimate of drug-likeness (QED) is 0.0893. The third-order valence-electron chi connectivity index (χ3n) is 25.1. The maximum atomic E-state index is 13.8. The molecule has 144 heavy (non-hydrogen) atoms. The molecule has 0 spiro atoms. The summed E-state index contributed by atoms with van der Waals surface area (Å²) in [6, 6.07) is 95.4. The fraction of sp³-hybridized carbons (Fsp3) is 0.0583. The number of aromatic nitrogens is 16. The smallest absolute Gasteiger partial charge is 0.204 e. The van der Waals surface area contributed by atoms with Crippen molar-refractivity contribution in [2.75, 3.05) is 20.0 Å². The van der Waals surface area contributed by atoms with Crippen molar-refractivity contribution in [1.82, 2.24) is 76.8 Å². The molecule has 0 saturated carbocycles. The second-order valence-electron chi connectivity index (χ2n) is 34.4. The fourth-order valence-corrected chi connectivity index (χ4v) is 17.6. The summed E-state index contributed by atoms with van der Waals surface area (Å²) < 4.78 is 89.2. The second-order valence-corrected chi connectivity index (χ2v) is 34.4. The highest BCUT2D eigenvalue weighted by molar-refractivity contribution is 5.89. The van der Waals surface area contributed by atoms with Crippen molar-refractivity contribution in [3.63, 3.8) is 0 Å². The highest BCUT2D eigenvalue weighted by Gasteiger charge is 2.22. The average Bonchev–Trinajstić information content (AvgIpc) is 1.29. The largest absolute Gasteiger partial charge is 0.497 e. The number of rotatable bonds is 16. The van der Waals surface area contributed by atoms with Gasteiger partial charge in [0.25, 0.3) is 0 Å². The van der Waals surface area contributed by atoms with E-state index in [1.807, 2.05) is 242 Å². The van der Waals surface area contributed by atoms with Crippen LogP contribution in [-0.4, -0.2) is 91.0 Å². The van der Waals surface area contributed by atoms with E-state index in [1.165, 1.54) is 30.3 Å². The molecule has 16 aromatic heterocycles. The van der Waals surface area contributed by atoms with Gasteiger partial charge < -0.3 is 15.2 Å². The van der Waals surface area contributed by atoms with Crippen LogP contribution in [0.5, 0.6) is 11.5 Å². The molecule has 702 valence electrons. The Morgan fingerprint density at radius 3 is 0.861 bits per heavy atom. The maximum absolute atomic E-state index is 13.8. The number of imidazole rings is 5. The normalized spacial score (nSPS) is 11.1. The molecule has 0 amide bonds. The van der Waals surface area contributed by atoms with Gasteiger partial charge in [-0.3, -0.25) is 51.9 Å². The van der Waals surface area contributed by atoms with Crippen LogP contribution in [0.2, 0.25) is 0 Å². The predicted molar refractivity (Wildman–Crippen MR) is 560 cm³/mol. The van der Waals surface area contributed by atoms with Gasteiger partial charge in [-0.05, 0) is 309 Å². The summed E-state index contributed by atoms with van der Waals surface area (Å²) in [5, 5.41) is 0. The molecule has 24 heteroatoms. The van der Waals surface area contributed by atoms with Gasteiger partial charge in [0, 0.05) is 158 Å². The number of nitrogens with two attached hydrogens (primary N) is 1. The van der Waals surface area contributed by atoms with Gasteiger partial charge in [-0.2, -0.15) is 0 Å². The molecule has 0 aliphatic rings. The molecule has 0 saturated heterocycles. The second kappa shape index (κ2) is 41.1. The van der Waals surface area contributed by atoms with Crippen LogP contribution in [0.1, 0.15) is 27.8 Å². The van der Waals surface area contributed by atoms with E-state index in [9.17, 15) is 22.0 Å². The number of benzene rings is 8. The highest BCUT2D eigenvalue weighted by atomic mass is 19.1. The number of nitrogens with zero attached hydrogens (tertiary/aromatic N) is 16. The molecule has 8 aromatic carbocycles. The Labute approximate surface area is 825 Å². The van der Waals surface area contributed by atoms with Gasteiger partial charge in [0.2, 0.25) is 5.95 Å². The van der Waals surface area contributed by atoms with Crippen LogP contribution in [0.3, 0.4) is 0 Å². The fourth-order valence-electron chi connectivity index (χ4n) is 17.6. The van der Waals surface area contributed by atoms with Crippen LogP contribution >= 0.6 is 0 Å². The first-order valence-electron chi connectivity index (χ1n) is 46.3. The average molecular weight is 1900 g/mol. The molecule has 2 N–H and O–H groups in total. The molecule has 0 aliphatic carbocycles. The van der Waals surface area contributed by atoms with Gasteiger partial charge in [0.1, 0.15) is 63.9 Å². The Morgan fingerprint density at radius 1 is 0.222 bits per heavy atom. The summed E-state index contributed by atoms with van der Waals surface area (Å²) in [7, 11) is 3.31. The maximum Gasteiger partial charge on any atom is 0.204 e. The van der Waals surface area contributed by atoms with E-state index in [0.717, 1.165) is 197 Å². The number of aryl methyl sites for hydroxylation is 5. The molecule has 0 radical (unpaired) electrons. The van der Waals surface area contributed by atoms with Crippen LogP contribution < -0.4 is 15.2 Å². The molecule has 0 atom stereocenters. The van der Waals surface area contributed by atoms with Crippen molar-refractivity contribution >= 4 is 33.5 Å². The van der Waals surface area contributed by atoms with Gasteiger partial charge >= 0.3 is 0 Å². The van der Waals surface area contributed by atoms with Crippen molar-refractivity contribution in [2.24, 2.45) is 0 Å². The predicted octanol–water partition coefficient (Wildman–Crippen LogP) is 28.2. The summed E-state index contributed by atoms with van der Waals surface area (Å²) in [5.74, 6) is 4.47. The Morgan fingerprint density at radius 2 is 0.521 bits per heavy atom. The van der Waals surface area contributed by atoms with Crippen molar-refractivity contribution in [1.29, 1.82) is 0 Å². The molecule has 0 aliphatic heterocycles. The van der Waals surface area contributed by atoms with E-state index >= 15 is 0 Å². The number of halogens is 5. The zero-order chi connectivity index (χ0) is 99.0. The minimum Gasteiger partial charge on any atom is -0.497 e. The van der Waals surface area contributed by atoms with Crippen LogP contribution in [-0.2, 0) is 0 Å². The number of methoxy groups -OCH3 is 2. The SMILES string of the molecule is COc1ccc(-c2ncc3cc(-c4cccnc4-c4ccc(F)c(C)c4)ccn23)cc1.COc1cccc(-c2ncc3cc(-c4cccnc4-c4ccc(F)c(C)c4)ccn23)c1.Cc1cc(-c2ncccc2-c2ccc3cnc(N)n3c2)ccc1F.Cc1cc(-c2ncccc2-c2ccn3c(-c4ccccc4)ncc3c2)ccc1F.Cc1cc(-c2ncccc2-c2ccn3c(-c4ccncc4)ncc3c2)ccc1F. The number of fused-ring (bicyclic) bond motifs is 5. The number of hydrogen-bond acceptors (Lipinski definition) is 14. The standard InChI is InChI=1S/2C26H20FN3O.C25H18FN3.C24H17FN4.C19H15FN4/c1-17-13-19(8-9-24(17)27)25-23(7-4-11-28-25)18-10-12-30-21(14-18)16-29-26(30)20-5-3-6-22(15-20)31-2;1-17-14-20(7-10-24(17)27)25-23(4-3-12-28-25)19-11-13-30-21(15-19)16-29-26(30)18-5-8-22(31-2)9-6-18;1-17-14-20(9-10-23(17)26)24-22(8-5-12-27-24)19-11-13-29-21(15-19)16-28-25(29)18-6-3-2-4-7-18;1-16-13-19(4-5-22(16)25)23-21(3-2-9-27-23)18-8-12-29-20(14-18)15-28-24(29)17-6-10-26-11-7-17;1-12-9-13(5-7-17(12)20)18-16(3-2-8-22-18)14-4-6-15-10-23-19(21)24(15)11-14/h2*3-16H,1-2H3;2-16H,1H3;2-15H,1H3;2-11H,1H3,(H2,21,23). The summed E-state index contributed by atoms with van der Waals surface area (Å²) in [6.45, 7) is 8.81. The number of anilines is 1. The third kappa shape index (κ3) is 19.5. The van der Waals surface area contributed by atoms with E-state index < -0.39 is 0 Å². The molecule has 24 rings (SSSR count). The Balaban J connectivity index is 0.000000110. The van der Waals surface area contributed by atoms with Gasteiger partial charge in [-0.25, -0.2) is 46.9 Å². The Kier molecular flexibility index (Phi) is 26.5. The zero-order valence-corrected chi connectivity index (χ0v) is 79.1. The molecule has 19 nitrogen and oxygen atoms in total. The lowest BCUT2D eigenvalue weighted by Crippen LogP contribution is -1.96. The Hall–Kier alpha value is -18.8. The molecule has 24 aromatic rings. The molecular weight excluding hydrogens is 1810 g/mol. The summed E-state index contributed by atoms with van der Waals surface area (Å²) in [4.78, 5) is 49.5. The van der Waals surface area contributed by atoms with Crippen LogP contribution in [0, 0.1) is 63.7 Å². The Bertz CT molecular complexity index is 8660. The van der Waals surface area contributed by atoms with Gasteiger partial charge in [-0.15, -0.1) is 0 Å². The highest BCUT2D eigenvalue weighted by Crippen LogP contribution is 2.41. The summed E-state index contributed by atoms with van der Waals surface area (Å²) >= 11 is 0. The van der Waals surface area contributed by atoms with E-state index in [1.54, 1.807) is 129 Å². The number of nitrogen functional groups attached to an aromatic ring is 1. The molecule has 0 fully saturated rings. The molecular formula is C120H90F5N17O2. The van der Waals surface area contributed by atoms with Crippen molar-refractivity contribution in [2.45, 2.75) is 34.6 Å². The van der Waals surface area contributed by atoms with E-state index in [2.05, 4.69) is 133 Å². The minimum atomic E-state index is -0.219. The van der Waals surface area contributed by atoms with Crippen molar-refractivity contribution in [3.8, 4) is 169 Å². The number of ether oxygens (including phenoxy) is 2. The summed E-state index contributed by atoms with van der Waals surface area (Å²) in [5.41, 5.74) is 36.5. The monoisotopic (exact) mass is 1900 g/mol. The zero-order valence-electron chi connectivity index (χ0n) is 79.1. The molecule has 0 unspecified atom stereocenters. The molecule has 0 bridgehead atoms. The first-order chi connectivity index (χ1) is 70.3. The van der Waals surface area contributed by atoms with Gasteiger partial charge in [-0.1, -0.05) is 78.9 Å². The first kappa shape index (κ1) is 92.8. The van der Waals surface area contributed by atoms with Crippen molar-refractivity contribution < 1.29 is 31.4 Å².